The Kier molecular flexibility index (Phi) is 6.55. The maximum Gasteiger partial charge on any atom is 0.235 e. The van der Waals surface area contributed by atoms with Gasteiger partial charge in [-0.1, -0.05) is 12.1 Å². The van der Waals surface area contributed by atoms with Crippen LogP contribution in [0.2, 0.25) is 0 Å². The molecule has 5 heteroatoms. The minimum Gasteiger partial charge on any atom is -0.497 e. The van der Waals surface area contributed by atoms with Crippen LogP contribution in [0.4, 0.5) is 0 Å². The summed E-state index contributed by atoms with van der Waals surface area (Å²) in [4.78, 5) is 15.4. The molecule has 0 aliphatic heterocycles. The van der Waals surface area contributed by atoms with E-state index in [-0.39, 0.29) is 11.2 Å². The molecule has 24 heavy (non-hydrogen) atoms. The molecule has 0 aliphatic carbocycles. The third kappa shape index (κ3) is 4.93. The third-order valence-electron chi connectivity index (χ3n) is 3.68. The molecule has 0 radical (unpaired) electrons. The van der Waals surface area contributed by atoms with Crippen molar-refractivity contribution in [2.75, 3.05) is 21.3 Å². The first kappa shape index (κ1) is 18.2. The van der Waals surface area contributed by atoms with E-state index in [0.717, 1.165) is 22.0 Å². The average molecular weight is 345 g/mol. The predicted molar refractivity (Wildman–Crippen MR) is 97.8 cm³/mol. The predicted octanol–water partition coefficient (Wildman–Crippen LogP) is 3.84. The lowest BCUT2D eigenvalue weighted by molar-refractivity contribution is -0.129. The maximum absolute atomic E-state index is 12.6. The van der Waals surface area contributed by atoms with E-state index in [1.807, 2.05) is 62.5 Å². The Balaban J connectivity index is 1.92. The van der Waals surface area contributed by atoms with Crippen molar-refractivity contribution in [3.8, 4) is 11.5 Å². The quantitative estimate of drug-likeness (QED) is 0.715. The first-order valence-corrected chi connectivity index (χ1v) is 8.60. The Labute approximate surface area is 147 Å². The number of hydrogen-bond acceptors (Lipinski definition) is 4. The summed E-state index contributed by atoms with van der Waals surface area (Å²) in [5, 5.41) is -0.151. The SMILES string of the molecule is COc1ccc(CN(C)C(=O)C(C)Sc2ccc(OC)cc2)cc1. The van der Waals surface area contributed by atoms with Crippen LogP contribution in [-0.2, 0) is 11.3 Å². The molecule has 4 nitrogen and oxygen atoms in total. The molecular formula is C19H23NO3S. The molecule has 2 rings (SSSR count). The lowest BCUT2D eigenvalue weighted by atomic mass is 10.2. The van der Waals surface area contributed by atoms with Crippen molar-refractivity contribution in [2.24, 2.45) is 0 Å². The molecule has 0 aromatic heterocycles. The molecular weight excluding hydrogens is 322 g/mol. The Hall–Kier alpha value is -2.14. The topological polar surface area (TPSA) is 38.8 Å². The summed E-state index contributed by atoms with van der Waals surface area (Å²) in [6.45, 7) is 2.51. The fourth-order valence-electron chi connectivity index (χ4n) is 2.30. The summed E-state index contributed by atoms with van der Waals surface area (Å²) < 4.78 is 10.3. The number of nitrogens with zero attached hydrogens (tertiary/aromatic N) is 1. The first-order valence-electron chi connectivity index (χ1n) is 7.72. The molecule has 0 saturated carbocycles. The third-order valence-corrected chi connectivity index (χ3v) is 4.77. The van der Waals surface area contributed by atoms with Gasteiger partial charge in [0.25, 0.3) is 0 Å². The van der Waals surface area contributed by atoms with Crippen molar-refractivity contribution < 1.29 is 14.3 Å². The van der Waals surface area contributed by atoms with Crippen LogP contribution in [0.3, 0.4) is 0 Å². The summed E-state index contributed by atoms with van der Waals surface area (Å²) in [6.07, 6.45) is 0. The number of thioether (sulfide) groups is 1. The normalized spacial score (nSPS) is 11.7. The molecule has 0 saturated heterocycles. The van der Waals surface area contributed by atoms with Crippen molar-refractivity contribution in [1.29, 1.82) is 0 Å². The molecule has 2 aromatic carbocycles. The highest BCUT2D eigenvalue weighted by atomic mass is 32.2. The molecule has 0 N–H and O–H groups in total. The molecule has 2 aromatic rings. The van der Waals surface area contributed by atoms with Crippen molar-refractivity contribution in [1.82, 2.24) is 4.90 Å². The first-order chi connectivity index (χ1) is 11.5. The molecule has 1 unspecified atom stereocenters. The largest absolute Gasteiger partial charge is 0.497 e. The monoisotopic (exact) mass is 345 g/mol. The van der Waals surface area contributed by atoms with Crippen LogP contribution in [0, 0.1) is 0 Å². The second kappa shape index (κ2) is 8.64. The molecule has 0 fully saturated rings. The fourth-order valence-corrected chi connectivity index (χ4v) is 3.28. The van der Waals surface area contributed by atoms with Crippen LogP contribution < -0.4 is 9.47 Å². The number of carbonyl (C=O) groups is 1. The Bertz CT molecular complexity index is 598. The van der Waals surface area contributed by atoms with Crippen LogP contribution in [0.1, 0.15) is 12.5 Å². The van der Waals surface area contributed by atoms with E-state index in [1.165, 1.54) is 0 Å². The van der Waals surface area contributed by atoms with Gasteiger partial charge < -0.3 is 14.4 Å². The highest BCUT2D eigenvalue weighted by Crippen LogP contribution is 2.26. The lowest BCUT2D eigenvalue weighted by Crippen LogP contribution is -2.32. The molecule has 0 bridgehead atoms. The molecule has 0 spiro atoms. The summed E-state index contributed by atoms with van der Waals surface area (Å²) in [6, 6.07) is 15.5. The Morgan fingerprint density at radius 3 is 2.00 bits per heavy atom. The van der Waals surface area contributed by atoms with Gasteiger partial charge in [0.2, 0.25) is 5.91 Å². The number of benzene rings is 2. The van der Waals surface area contributed by atoms with Gasteiger partial charge in [0, 0.05) is 18.5 Å². The zero-order valence-corrected chi connectivity index (χ0v) is 15.3. The van der Waals surface area contributed by atoms with E-state index >= 15 is 0 Å². The van der Waals surface area contributed by atoms with E-state index in [9.17, 15) is 4.79 Å². The summed E-state index contributed by atoms with van der Waals surface area (Å²) in [7, 11) is 5.11. The Morgan fingerprint density at radius 2 is 1.50 bits per heavy atom. The lowest BCUT2D eigenvalue weighted by Gasteiger charge is -2.21. The van der Waals surface area contributed by atoms with Gasteiger partial charge in [-0.05, 0) is 48.9 Å². The van der Waals surface area contributed by atoms with E-state index in [0.29, 0.717) is 6.54 Å². The number of hydrogen-bond donors (Lipinski definition) is 0. The van der Waals surface area contributed by atoms with Crippen LogP contribution in [0.5, 0.6) is 11.5 Å². The van der Waals surface area contributed by atoms with Gasteiger partial charge in [-0.3, -0.25) is 4.79 Å². The van der Waals surface area contributed by atoms with Gasteiger partial charge >= 0.3 is 0 Å². The number of ether oxygens (including phenoxy) is 2. The number of rotatable bonds is 7. The van der Waals surface area contributed by atoms with E-state index in [1.54, 1.807) is 30.9 Å². The minimum absolute atomic E-state index is 0.103. The highest BCUT2D eigenvalue weighted by molar-refractivity contribution is 8.00. The van der Waals surface area contributed by atoms with Gasteiger partial charge in [-0.25, -0.2) is 0 Å². The average Bonchev–Trinajstić information content (AvgIpc) is 2.62. The van der Waals surface area contributed by atoms with Gasteiger partial charge in [0.15, 0.2) is 0 Å². The van der Waals surface area contributed by atoms with E-state index in [4.69, 9.17) is 9.47 Å². The number of carbonyl (C=O) groups excluding carboxylic acids is 1. The summed E-state index contributed by atoms with van der Waals surface area (Å²) in [5.41, 5.74) is 1.08. The molecule has 1 atom stereocenters. The second-order valence-corrected chi connectivity index (χ2v) is 6.89. The zero-order valence-electron chi connectivity index (χ0n) is 14.5. The molecule has 1 amide bonds. The molecule has 0 heterocycles. The van der Waals surface area contributed by atoms with Crippen molar-refractivity contribution in [3.63, 3.8) is 0 Å². The standard InChI is InChI=1S/C19H23NO3S/c1-14(24-18-11-9-17(23-4)10-12-18)19(21)20(2)13-15-5-7-16(22-3)8-6-15/h5-12,14H,13H2,1-4H3. The van der Waals surface area contributed by atoms with Crippen molar-refractivity contribution >= 4 is 17.7 Å². The summed E-state index contributed by atoms with van der Waals surface area (Å²) >= 11 is 1.55. The maximum atomic E-state index is 12.6. The highest BCUT2D eigenvalue weighted by Gasteiger charge is 2.19. The van der Waals surface area contributed by atoms with Crippen LogP contribution >= 0.6 is 11.8 Å². The molecule has 0 aliphatic rings. The Morgan fingerprint density at radius 1 is 1.00 bits per heavy atom. The number of amides is 1. The second-order valence-electron chi connectivity index (χ2n) is 5.48. The molecule has 128 valence electrons. The van der Waals surface area contributed by atoms with E-state index < -0.39 is 0 Å². The smallest absolute Gasteiger partial charge is 0.235 e. The number of methoxy groups -OCH3 is 2. The minimum atomic E-state index is -0.151. The van der Waals surface area contributed by atoms with Gasteiger partial charge in [0.1, 0.15) is 11.5 Å². The van der Waals surface area contributed by atoms with Crippen LogP contribution in [-0.4, -0.2) is 37.3 Å². The van der Waals surface area contributed by atoms with Crippen molar-refractivity contribution in [2.45, 2.75) is 23.6 Å². The van der Waals surface area contributed by atoms with Gasteiger partial charge in [-0.15, -0.1) is 11.8 Å². The van der Waals surface area contributed by atoms with Crippen molar-refractivity contribution in [3.05, 3.63) is 54.1 Å². The van der Waals surface area contributed by atoms with Gasteiger partial charge in [0.05, 0.1) is 19.5 Å². The van der Waals surface area contributed by atoms with E-state index in [2.05, 4.69) is 0 Å². The summed E-state index contributed by atoms with van der Waals surface area (Å²) in [5.74, 6) is 1.73. The van der Waals surface area contributed by atoms with Gasteiger partial charge in [-0.2, -0.15) is 0 Å². The van der Waals surface area contributed by atoms with Crippen LogP contribution in [0.15, 0.2) is 53.4 Å². The fraction of sp³-hybridized carbons (Fsp3) is 0.316. The zero-order chi connectivity index (χ0) is 17.5. The van der Waals surface area contributed by atoms with Crippen LogP contribution in [0.25, 0.3) is 0 Å².